The fourth-order valence-corrected chi connectivity index (χ4v) is 2.14. The molecule has 0 radical (unpaired) electrons. The Bertz CT molecular complexity index is 851. The Morgan fingerprint density at radius 1 is 1.11 bits per heavy atom. The zero-order valence-corrected chi connectivity index (χ0v) is 14.7. The van der Waals surface area contributed by atoms with E-state index in [9.17, 15) is 31.1 Å². The topological polar surface area (TPSA) is 57.0 Å². The first-order chi connectivity index (χ1) is 12.8. The fourth-order valence-electron chi connectivity index (χ4n) is 2.14. The maximum absolute atomic E-state index is 12.9. The predicted molar refractivity (Wildman–Crippen MR) is 85.8 cm³/mol. The molecule has 0 aliphatic carbocycles. The number of nitrogens with zero attached hydrogens (tertiary/aromatic N) is 3. The molecule has 5 nitrogen and oxygen atoms in total. The van der Waals surface area contributed by atoms with Gasteiger partial charge < -0.3 is 4.74 Å². The van der Waals surface area contributed by atoms with Crippen LogP contribution >= 0.6 is 0 Å². The molecule has 1 heterocycles. The van der Waals surface area contributed by atoms with E-state index in [1.54, 1.807) is 13.8 Å². The number of hydrogen-bond donors (Lipinski definition) is 0. The first-order valence-electron chi connectivity index (χ1n) is 7.85. The highest BCUT2D eigenvalue weighted by Gasteiger charge is 2.37. The second kappa shape index (κ2) is 7.64. The molecule has 0 aliphatic heterocycles. The van der Waals surface area contributed by atoms with E-state index in [0.717, 1.165) is 11.0 Å². The number of rotatable bonds is 5. The van der Waals surface area contributed by atoms with Gasteiger partial charge in [0.15, 0.2) is 5.82 Å². The molecule has 152 valence electrons. The van der Waals surface area contributed by atoms with Gasteiger partial charge in [0.1, 0.15) is 6.33 Å². The quantitative estimate of drug-likeness (QED) is 0.416. The van der Waals surface area contributed by atoms with E-state index >= 15 is 0 Å². The van der Waals surface area contributed by atoms with Crippen LogP contribution in [0.5, 0.6) is 0 Å². The molecule has 0 spiro atoms. The number of benzene rings is 1. The summed E-state index contributed by atoms with van der Waals surface area (Å²) in [6, 6.07) is 1.07. The van der Waals surface area contributed by atoms with Crippen molar-refractivity contribution in [3.05, 3.63) is 47.8 Å². The van der Waals surface area contributed by atoms with Crippen LogP contribution in [0.25, 0.3) is 11.4 Å². The van der Waals surface area contributed by atoms with Crippen molar-refractivity contribution < 1.29 is 35.9 Å². The Labute approximate surface area is 155 Å². The number of ether oxygens (including phenoxy) is 1. The molecule has 2 aromatic rings. The third kappa shape index (κ3) is 5.33. The van der Waals surface area contributed by atoms with Gasteiger partial charge in [-0.25, -0.2) is 14.5 Å². The van der Waals surface area contributed by atoms with E-state index in [4.69, 9.17) is 4.74 Å². The van der Waals surface area contributed by atoms with Crippen LogP contribution in [0.4, 0.5) is 26.3 Å². The minimum Gasteiger partial charge on any atom is -0.460 e. The third-order valence-electron chi connectivity index (χ3n) is 3.37. The van der Waals surface area contributed by atoms with Gasteiger partial charge in [-0.15, -0.1) is 0 Å². The molecule has 28 heavy (non-hydrogen) atoms. The predicted octanol–water partition coefficient (Wildman–Crippen LogP) is 4.49. The minimum atomic E-state index is -4.98. The minimum absolute atomic E-state index is 0.00910. The largest absolute Gasteiger partial charge is 0.460 e. The summed E-state index contributed by atoms with van der Waals surface area (Å²) in [6.45, 7) is 6.59. The summed E-state index contributed by atoms with van der Waals surface area (Å²) in [7, 11) is 0. The van der Waals surface area contributed by atoms with E-state index in [1.165, 1.54) is 0 Å². The molecule has 0 saturated carbocycles. The average Bonchev–Trinajstić information content (AvgIpc) is 3.00. The van der Waals surface area contributed by atoms with Gasteiger partial charge in [0, 0.05) is 5.56 Å². The second-order valence-corrected chi connectivity index (χ2v) is 6.12. The fraction of sp³-hybridized carbons (Fsp3) is 0.353. The number of alkyl halides is 6. The highest BCUT2D eigenvalue weighted by Crippen LogP contribution is 2.38. The maximum atomic E-state index is 12.9. The molecule has 0 bridgehead atoms. The van der Waals surface area contributed by atoms with Crippen molar-refractivity contribution in [2.45, 2.75) is 38.8 Å². The van der Waals surface area contributed by atoms with Gasteiger partial charge in [0.25, 0.3) is 0 Å². The third-order valence-corrected chi connectivity index (χ3v) is 3.37. The van der Waals surface area contributed by atoms with Crippen molar-refractivity contribution in [2.75, 3.05) is 0 Å². The van der Waals surface area contributed by atoms with E-state index < -0.39 is 35.0 Å². The second-order valence-electron chi connectivity index (χ2n) is 6.12. The van der Waals surface area contributed by atoms with Crippen LogP contribution in [0.1, 0.15) is 25.0 Å². The number of carbonyl (C=O) groups is 1. The van der Waals surface area contributed by atoms with Crippen molar-refractivity contribution in [3.8, 4) is 11.4 Å². The SMILES string of the molecule is C=C(Cn1cnc(-c2cc(C(F)(F)F)cc(C(F)(F)F)c2)n1)C(=O)OC(C)C. The van der Waals surface area contributed by atoms with Crippen LogP contribution in [-0.2, 0) is 28.4 Å². The Balaban J connectivity index is 2.34. The Morgan fingerprint density at radius 2 is 1.64 bits per heavy atom. The van der Waals surface area contributed by atoms with E-state index in [1.807, 2.05) is 0 Å². The molecule has 0 aliphatic rings. The monoisotopic (exact) mass is 407 g/mol. The first kappa shape index (κ1) is 21.5. The average molecular weight is 407 g/mol. The molecule has 0 unspecified atom stereocenters. The molecule has 1 aromatic heterocycles. The molecule has 0 saturated heterocycles. The summed E-state index contributed by atoms with van der Waals surface area (Å²) < 4.78 is 83.7. The number of halogens is 6. The standard InChI is InChI=1S/C17H15F6N3O2/c1-9(2)28-15(27)10(3)7-26-8-24-14(25-26)11-4-12(16(18,19)20)6-13(5-11)17(21,22)23/h4-6,8-9H,3,7H2,1-2H3. The van der Waals surface area contributed by atoms with Gasteiger partial charge in [0.05, 0.1) is 29.3 Å². The number of carbonyl (C=O) groups excluding carboxylic acids is 1. The van der Waals surface area contributed by atoms with Crippen molar-refractivity contribution in [2.24, 2.45) is 0 Å². The smallest absolute Gasteiger partial charge is 0.416 e. The first-order valence-corrected chi connectivity index (χ1v) is 7.85. The van der Waals surface area contributed by atoms with Crippen molar-refractivity contribution >= 4 is 5.97 Å². The van der Waals surface area contributed by atoms with Crippen LogP contribution in [-0.4, -0.2) is 26.8 Å². The van der Waals surface area contributed by atoms with Crippen molar-refractivity contribution in [3.63, 3.8) is 0 Å². The van der Waals surface area contributed by atoms with E-state index in [0.29, 0.717) is 12.1 Å². The lowest BCUT2D eigenvalue weighted by Gasteiger charge is -2.13. The van der Waals surface area contributed by atoms with Gasteiger partial charge >= 0.3 is 18.3 Å². The van der Waals surface area contributed by atoms with Gasteiger partial charge in [-0.1, -0.05) is 6.58 Å². The zero-order chi connectivity index (χ0) is 21.3. The molecule has 11 heteroatoms. The Morgan fingerprint density at radius 3 is 2.11 bits per heavy atom. The van der Waals surface area contributed by atoms with E-state index in [2.05, 4.69) is 16.7 Å². The zero-order valence-electron chi connectivity index (χ0n) is 14.7. The summed E-state index contributed by atoms with van der Waals surface area (Å²) in [6.07, 6.45) is -9.28. The molecule has 0 atom stereocenters. The van der Waals surface area contributed by atoms with Crippen LogP contribution in [0.15, 0.2) is 36.7 Å². The Kier molecular flexibility index (Phi) is 5.86. The Hall–Kier alpha value is -2.85. The lowest BCUT2D eigenvalue weighted by molar-refractivity contribution is -0.144. The summed E-state index contributed by atoms with van der Waals surface area (Å²) in [5.41, 5.74) is -3.42. The molecular weight excluding hydrogens is 392 g/mol. The molecule has 0 fully saturated rings. The molecular formula is C17H15F6N3O2. The maximum Gasteiger partial charge on any atom is 0.416 e. The normalized spacial score (nSPS) is 12.3. The highest BCUT2D eigenvalue weighted by molar-refractivity contribution is 5.87. The van der Waals surface area contributed by atoms with Crippen molar-refractivity contribution in [1.29, 1.82) is 0 Å². The van der Waals surface area contributed by atoms with Gasteiger partial charge in [-0.05, 0) is 32.0 Å². The van der Waals surface area contributed by atoms with Gasteiger partial charge in [0.2, 0.25) is 0 Å². The number of aromatic nitrogens is 3. The van der Waals surface area contributed by atoms with Crippen LogP contribution in [0, 0.1) is 0 Å². The van der Waals surface area contributed by atoms with Crippen LogP contribution in [0.3, 0.4) is 0 Å². The van der Waals surface area contributed by atoms with Crippen LogP contribution in [0.2, 0.25) is 0 Å². The lowest BCUT2D eigenvalue weighted by atomic mass is 10.0. The van der Waals surface area contributed by atoms with E-state index in [-0.39, 0.29) is 30.1 Å². The van der Waals surface area contributed by atoms with Gasteiger partial charge in [-0.2, -0.15) is 31.4 Å². The molecule has 0 amide bonds. The van der Waals surface area contributed by atoms with Crippen LogP contribution < -0.4 is 0 Å². The lowest BCUT2D eigenvalue weighted by Crippen LogP contribution is -2.16. The summed E-state index contributed by atoms with van der Waals surface area (Å²) in [5, 5.41) is 3.83. The summed E-state index contributed by atoms with van der Waals surface area (Å²) in [5.74, 6) is -1.06. The number of esters is 1. The molecule has 2 rings (SSSR count). The molecule has 1 aromatic carbocycles. The van der Waals surface area contributed by atoms with Gasteiger partial charge in [-0.3, -0.25) is 0 Å². The highest BCUT2D eigenvalue weighted by atomic mass is 19.4. The van der Waals surface area contributed by atoms with Crippen molar-refractivity contribution in [1.82, 2.24) is 14.8 Å². The summed E-state index contributed by atoms with van der Waals surface area (Å²) >= 11 is 0. The molecule has 0 N–H and O–H groups in total. The number of hydrogen-bond acceptors (Lipinski definition) is 4. The summed E-state index contributed by atoms with van der Waals surface area (Å²) in [4.78, 5) is 15.4.